The Morgan fingerprint density at radius 3 is 2.50 bits per heavy atom. The van der Waals surface area contributed by atoms with Gasteiger partial charge in [0.05, 0.1) is 20.1 Å². The number of benzene rings is 2. The zero-order valence-corrected chi connectivity index (χ0v) is 14.2. The van der Waals surface area contributed by atoms with E-state index in [4.69, 9.17) is 9.47 Å². The van der Waals surface area contributed by atoms with Crippen LogP contribution in [0.5, 0.6) is 11.5 Å². The molecule has 0 saturated carbocycles. The number of nitrogens with one attached hydrogen (secondary N) is 2. The van der Waals surface area contributed by atoms with Crippen molar-refractivity contribution in [3.05, 3.63) is 54.1 Å². The topological polar surface area (TPSA) is 59.6 Å². The van der Waals surface area contributed by atoms with E-state index in [1.54, 1.807) is 7.11 Å². The molecule has 2 aromatic carbocycles. The number of carbonyl (C=O) groups excluding carboxylic acids is 1. The lowest BCUT2D eigenvalue weighted by Gasteiger charge is -2.12. The lowest BCUT2D eigenvalue weighted by Crippen LogP contribution is -2.18. The van der Waals surface area contributed by atoms with Gasteiger partial charge in [0.25, 0.3) is 0 Å². The number of amides is 1. The van der Waals surface area contributed by atoms with Gasteiger partial charge in [-0.15, -0.1) is 0 Å². The highest BCUT2D eigenvalue weighted by Gasteiger charge is 2.08. The second kappa shape index (κ2) is 9.57. The van der Waals surface area contributed by atoms with Crippen molar-refractivity contribution < 1.29 is 14.3 Å². The van der Waals surface area contributed by atoms with E-state index in [-0.39, 0.29) is 12.3 Å². The van der Waals surface area contributed by atoms with Crippen LogP contribution in [0.25, 0.3) is 0 Å². The molecule has 5 nitrogen and oxygen atoms in total. The van der Waals surface area contributed by atoms with Gasteiger partial charge in [-0.05, 0) is 30.3 Å². The van der Waals surface area contributed by atoms with E-state index in [1.165, 1.54) is 0 Å². The zero-order chi connectivity index (χ0) is 17.2. The number of rotatable bonds is 9. The van der Waals surface area contributed by atoms with Crippen LogP contribution in [0, 0.1) is 0 Å². The summed E-state index contributed by atoms with van der Waals surface area (Å²) in [5.41, 5.74) is 1.90. The Kier molecular flexibility index (Phi) is 7.11. The summed E-state index contributed by atoms with van der Waals surface area (Å²) in [5.74, 6) is 1.23. The Bertz CT molecular complexity index is 659. The van der Waals surface area contributed by atoms with E-state index in [1.807, 2.05) is 48.5 Å². The van der Waals surface area contributed by atoms with E-state index in [2.05, 4.69) is 17.6 Å². The van der Waals surface area contributed by atoms with Crippen LogP contribution in [-0.2, 0) is 11.3 Å². The summed E-state index contributed by atoms with van der Waals surface area (Å²) >= 11 is 0. The highest BCUT2D eigenvalue weighted by molar-refractivity contribution is 5.91. The van der Waals surface area contributed by atoms with Crippen LogP contribution in [0.3, 0.4) is 0 Å². The fourth-order valence-electron chi connectivity index (χ4n) is 2.26. The third-order valence-corrected chi connectivity index (χ3v) is 3.51. The molecule has 24 heavy (non-hydrogen) atoms. The Balaban J connectivity index is 1.85. The summed E-state index contributed by atoms with van der Waals surface area (Å²) in [6.07, 6.45) is 0.271. The molecule has 2 N–H and O–H groups in total. The Morgan fingerprint density at radius 2 is 1.75 bits per heavy atom. The minimum Gasteiger partial charge on any atom is -0.493 e. The summed E-state index contributed by atoms with van der Waals surface area (Å²) in [5, 5.41) is 6.21. The van der Waals surface area contributed by atoms with Gasteiger partial charge in [0.1, 0.15) is 0 Å². The monoisotopic (exact) mass is 328 g/mol. The van der Waals surface area contributed by atoms with E-state index in [9.17, 15) is 4.79 Å². The quantitative estimate of drug-likeness (QED) is 0.742. The number of methoxy groups -OCH3 is 1. The van der Waals surface area contributed by atoms with Gasteiger partial charge in [-0.2, -0.15) is 0 Å². The van der Waals surface area contributed by atoms with Crippen molar-refractivity contribution in [1.82, 2.24) is 5.32 Å². The van der Waals surface area contributed by atoms with Crippen molar-refractivity contribution in [3.8, 4) is 11.5 Å². The van der Waals surface area contributed by atoms with Crippen molar-refractivity contribution in [2.75, 3.05) is 25.6 Å². The first-order valence-corrected chi connectivity index (χ1v) is 8.09. The van der Waals surface area contributed by atoms with Gasteiger partial charge in [-0.25, -0.2) is 0 Å². The maximum Gasteiger partial charge on any atom is 0.227 e. The predicted octanol–water partition coefficient (Wildman–Crippen LogP) is 3.21. The molecular weight excluding hydrogens is 304 g/mol. The van der Waals surface area contributed by atoms with Gasteiger partial charge in [0.15, 0.2) is 11.5 Å². The summed E-state index contributed by atoms with van der Waals surface area (Å²) < 4.78 is 10.9. The highest BCUT2D eigenvalue weighted by atomic mass is 16.5. The summed E-state index contributed by atoms with van der Waals surface area (Å²) in [4.78, 5) is 12.1. The van der Waals surface area contributed by atoms with Crippen LogP contribution in [0.4, 0.5) is 5.69 Å². The van der Waals surface area contributed by atoms with Crippen LogP contribution in [0.15, 0.2) is 48.5 Å². The predicted molar refractivity (Wildman–Crippen MR) is 95.6 cm³/mol. The van der Waals surface area contributed by atoms with Gasteiger partial charge in [-0.1, -0.05) is 37.3 Å². The Morgan fingerprint density at radius 1 is 1.04 bits per heavy atom. The van der Waals surface area contributed by atoms with Crippen molar-refractivity contribution in [2.45, 2.75) is 19.9 Å². The average molecular weight is 328 g/mol. The highest BCUT2D eigenvalue weighted by Crippen LogP contribution is 2.25. The summed E-state index contributed by atoms with van der Waals surface area (Å²) in [6, 6.07) is 15.2. The summed E-state index contributed by atoms with van der Waals surface area (Å²) in [6.45, 7) is 3.96. The van der Waals surface area contributed by atoms with Crippen molar-refractivity contribution in [3.63, 3.8) is 0 Å². The van der Waals surface area contributed by atoms with Crippen LogP contribution in [0.1, 0.15) is 18.9 Å². The minimum absolute atomic E-state index is 0.0751. The molecule has 2 rings (SSSR count). The molecule has 128 valence electrons. The van der Waals surface area contributed by atoms with Gasteiger partial charge in [0.2, 0.25) is 5.91 Å². The van der Waals surface area contributed by atoms with Gasteiger partial charge >= 0.3 is 0 Å². The summed E-state index contributed by atoms with van der Waals surface area (Å²) in [7, 11) is 1.59. The molecule has 0 aliphatic rings. The third-order valence-electron chi connectivity index (χ3n) is 3.51. The van der Waals surface area contributed by atoms with Crippen molar-refractivity contribution in [2.24, 2.45) is 0 Å². The normalized spacial score (nSPS) is 10.2. The van der Waals surface area contributed by atoms with Gasteiger partial charge in [0, 0.05) is 12.2 Å². The minimum atomic E-state index is -0.0751. The maximum atomic E-state index is 12.1. The van der Waals surface area contributed by atoms with Crippen molar-refractivity contribution in [1.29, 1.82) is 0 Å². The van der Waals surface area contributed by atoms with Crippen molar-refractivity contribution >= 4 is 11.6 Å². The van der Waals surface area contributed by atoms with E-state index in [0.717, 1.165) is 24.3 Å². The largest absolute Gasteiger partial charge is 0.493 e. The fraction of sp³-hybridized carbons (Fsp3) is 0.316. The van der Waals surface area contributed by atoms with E-state index >= 15 is 0 Å². The number of anilines is 1. The molecule has 2 aromatic rings. The smallest absolute Gasteiger partial charge is 0.227 e. The lowest BCUT2D eigenvalue weighted by atomic mass is 10.1. The van der Waals surface area contributed by atoms with E-state index < -0.39 is 0 Å². The molecule has 0 saturated heterocycles. The second-order valence-electron chi connectivity index (χ2n) is 5.23. The SMILES string of the molecule is CCNCc1ccccc1NC(=O)CCOc1ccccc1OC. The van der Waals surface area contributed by atoms with Crippen LogP contribution < -0.4 is 20.1 Å². The molecular formula is C19H24N2O3. The first kappa shape index (κ1) is 17.8. The Hall–Kier alpha value is -2.53. The average Bonchev–Trinajstić information content (AvgIpc) is 2.61. The Labute approximate surface area is 143 Å². The zero-order valence-electron chi connectivity index (χ0n) is 14.2. The molecule has 0 aliphatic heterocycles. The first-order chi connectivity index (χ1) is 11.7. The first-order valence-electron chi connectivity index (χ1n) is 8.09. The molecule has 0 heterocycles. The number of hydrogen-bond donors (Lipinski definition) is 2. The van der Waals surface area contributed by atoms with Crippen LogP contribution >= 0.6 is 0 Å². The second-order valence-corrected chi connectivity index (χ2v) is 5.23. The fourth-order valence-corrected chi connectivity index (χ4v) is 2.26. The van der Waals surface area contributed by atoms with E-state index in [0.29, 0.717) is 18.1 Å². The lowest BCUT2D eigenvalue weighted by molar-refractivity contribution is -0.116. The third kappa shape index (κ3) is 5.28. The number of hydrogen-bond acceptors (Lipinski definition) is 4. The molecule has 0 atom stereocenters. The van der Waals surface area contributed by atoms with Crippen LogP contribution in [0.2, 0.25) is 0 Å². The number of para-hydroxylation sites is 3. The molecule has 1 amide bonds. The van der Waals surface area contributed by atoms with Gasteiger partial charge < -0.3 is 20.1 Å². The molecule has 0 radical (unpaired) electrons. The standard InChI is InChI=1S/C19H24N2O3/c1-3-20-14-15-8-4-5-9-16(15)21-19(22)12-13-24-18-11-7-6-10-17(18)23-2/h4-11,20H,3,12-14H2,1-2H3,(H,21,22). The van der Waals surface area contributed by atoms with Gasteiger partial charge in [-0.3, -0.25) is 4.79 Å². The molecule has 0 bridgehead atoms. The molecule has 0 aromatic heterocycles. The van der Waals surface area contributed by atoms with Crippen LogP contribution in [-0.4, -0.2) is 26.2 Å². The number of ether oxygens (including phenoxy) is 2. The molecule has 0 aliphatic carbocycles. The molecule has 0 unspecified atom stereocenters. The molecule has 0 fully saturated rings. The molecule has 0 spiro atoms. The number of carbonyl (C=O) groups is 1. The maximum absolute atomic E-state index is 12.1. The molecule has 5 heteroatoms.